The van der Waals surface area contributed by atoms with Gasteiger partial charge in [-0.2, -0.15) is 5.06 Å². The minimum absolute atomic E-state index is 0.0683. The van der Waals surface area contributed by atoms with Gasteiger partial charge in [0.05, 0.1) is 34.5 Å². The number of carbonyl (C=O) groups is 1. The van der Waals surface area contributed by atoms with Gasteiger partial charge in [0, 0.05) is 48.4 Å². The van der Waals surface area contributed by atoms with Crippen molar-refractivity contribution in [1.82, 2.24) is 19.5 Å². The van der Waals surface area contributed by atoms with Gasteiger partial charge in [-0.15, -0.1) is 0 Å². The Morgan fingerprint density at radius 3 is 1.80 bits per heavy atom. The van der Waals surface area contributed by atoms with Gasteiger partial charge in [0.15, 0.2) is 0 Å². The van der Waals surface area contributed by atoms with Crippen LogP contribution < -0.4 is 25.5 Å². The van der Waals surface area contributed by atoms with Gasteiger partial charge in [-0.3, -0.25) is 28.5 Å². The van der Waals surface area contributed by atoms with E-state index in [1.54, 1.807) is 57.4 Å². The van der Waals surface area contributed by atoms with Gasteiger partial charge in [-0.25, -0.2) is 4.79 Å². The van der Waals surface area contributed by atoms with Crippen LogP contribution in [-0.2, 0) is 34.5 Å². The molecule has 1 amide bonds. The Morgan fingerprint density at radius 1 is 0.788 bits per heavy atom. The number of carbonyl (C=O) groups excluding carboxylic acids is 1. The number of nitrogens with zero attached hydrogens (tertiary/aromatic N) is 3. The van der Waals surface area contributed by atoms with Crippen molar-refractivity contribution in [2.75, 3.05) is 41.1 Å². The van der Waals surface area contributed by atoms with Gasteiger partial charge < -0.3 is 33.1 Å². The zero-order valence-corrected chi connectivity index (χ0v) is 40.4. The molecule has 16 heteroatoms. The summed E-state index contributed by atoms with van der Waals surface area (Å²) in [6.07, 6.45) is -0.643. The molecule has 5 aromatic rings. The van der Waals surface area contributed by atoms with E-state index in [1.807, 2.05) is 125 Å². The smallest absolute Gasteiger partial charge is 0.331 e. The average Bonchev–Trinajstić information content (AvgIpc) is 3.70. The van der Waals surface area contributed by atoms with Crippen LogP contribution in [0.4, 0.5) is 0 Å². The molecule has 0 saturated carbocycles. The first-order valence-corrected chi connectivity index (χ1v) is 23.5. The van der Waals surface area contributed by atoms with Crippen LogP contribution in [0.1, 0.15) is 80.6 Å². The minimum atomic E-state index is -3.48. The highest BCUT2D eigenvalue weighted by molar-refractivity contribution is 7.40. The number of methoxy groups -OCH3 is 3. The summed E-state index contributed by atoms with van der Waals surface area (Å²) in [5, 5.41) is 1.83. The summed E-state index contributed by atoms with van der Waals surface area (Å²) in [7, 11) is 1.28. The van der Waals surface area contributed by atoms with Crippen molar-refractivity contribution in [1.29, 1.82) is 0 Å². The highest BCUT2D eigenvalue weighted by Gasteiger charge is 2.56. The Hall–Kier alpha value is -5.54. The van der Waals surface area contributed by atoms with Gasteiger partial charge in [0.1, 0.15) is 35.1 Å². The molecule has 0 radical (unpaired) electrons. The largest absolute Gasteiger partial charge is 0.497 e. The third kappa shape index (κ3) is 10.7. The topological polar surface area (TPSA) is 160 Å². The zero-order valence-electron chi connectivity index (χ0n) is 39.4. The van der Waals surface area contributed by atoms with Crippen LogP contribution in [0.15, 0.2) is 119 Å². The number of aromatic amines is 1. The number of ether oxygens (including phenoxy) is 5. The van der Waals surface area contributed by atoms with Crippen molar-refractivity contribution in [3.05, 3.63) is 158 Å². The number of rotatable bonds is 21. The number of aromatic nitrogens is 2. The fourth-order valence-electron chi connectivity index (χ4n) is 8.37. The lowest BCUT2D eigenvalue weighted by atomic mass is 9.80. The van der Waals surface area contributed by atoms with E-state index in [0.29, 0.717) is 22.8 Å². The molecule has 1 aliphatic rings. The molecular weight excluding hydrogens is 864 g/mol. The van der Waals surface area contributed by atoms with Crippen molar-refractivity contribution >= 4 is 13.9 Å². The molecule has 1 fully saturated rings. The maximum absolute atomic E-state index is 15.1. The van der Waals surface area contributed by atoms with Crippen molar-refractivity contribution in [3.63, 3.8) is 0 Å². The van der Waals surface area contributed by atoms with Crippen molar-refractivity contribution in [3.8, 4) is 17.2 Å². The van der Waals surface area contributed by atoms with E-state index in [4.69, 9.17) is 33.0 Å². The maximum atomic E-state index is 15.1. The zero-order chi connectivity index (χ0) is 47.8. The maximum Gasteiger partial charge on any atom is 0.331 e. The molecule has 1 aromatic heterocycles. The van der Waals surface area contributed by atoms with Crippen LogP contribution in [0.5, 0.6) is 17.2 Å². The summed E-state index contributed by atoms with van der Waals surface area (Å²) in [5.41, 5.74) is -1.70. The highest BCUT2D eigenvalue weighted by Crippen LogP contribution is 2.54. The molecule has 1 aliphatic heterocycles. The van der Waals surface area contributed by atoms with Gasteiger partial charge in [0.25, 0.3) is 11.5 Å². The number of nitrogens with one attached hydrogen (secondary N) is 1. The number of H-pyrrole nitrogens is 1. The normalized spacial score (nSPS) is 18.0. The molecule has 2 heterocycles. The minimum Gasteiger partial charge on any atom is -0.497 e. The van der Waals surface area contributed by atoms with Gasteiger partial charge in [-0.1, -0.05) is 54.6 Å². The summed E-state index contributed by atoms with van der Waals surface area (Å²) in [4.78, 5) is 51.4. The molecule has 4 atom stereocenters. The summed E-state index contributed by atoms with van der Waals surface area (Å²) in [6.45, 7) is 13.1. The monoisotopic (exact) mass is 926 g/mol. The Kier molecular flexibility index (Phi) is 16.5. The van der Waals surface area contributed by atoms with E-state index in [2.05, 4.69) is 4.98 Å². The molecule has 4 aromatic carbocycles. The Labute approximate surface area is 387 Å². The second-order valence-electron chi connectivity index (χ2n) is 17.0. The number of benzene rings is 4. The standard InChI is InChI=1S/C50H63N4O11P/c1-33(2)52(47(56)37-16-22-41(59-8)23-17-37)28-29-63-66(58)49(53-31-36(7)46(55)51-48(53)57)30-44(65-54(34(3)4)35(5)6)45(64-49)32-62-50(38-14-12-11-13-15-38,39-18-24-42(60-9)25-19-39)40-20-26-43(61-10)27-21-40/h11-27,31,33-35,44-45,66H,28-30,32H2,1-10H3,(H,51,55,57)/t44-,45+,49-/m0/s1. The first-order chi connectivity index (χ1) is 31.6. The lowest BCUT2D eigenvalue weighted by Crippen LogP contribution is -2.44. The lowest BCUT2D eigenvalue weighted by molar-refractivity contribution is -0.247. The molecule has 15 nitrogen and oxygen atoms in total. The van der Waals surface area contributed by atoms with E-state index in [0.717, 1.165) is 21.3 Å². The van der Waals surface area contributed by atoms with E-state index >= 15 is 4.57 Å². The van der Waals surface area contributed by atoms with Gasteiger partial charge in [-0.05, 0) is 114 Å². The summed E-state index contributed by atoms with van der Waals surface area (Å²) in [6, 6.07) is 31.4. The van der Waals surface area contributed by atoms with Gasteiger partial charge in [0.2, 0.25) is 13.5 Å². The second-order valence-corrected chi connectivity index (χ2v) is 18.7. The lowest BCUT2D eigenvalue weighted by Gasteiger charge is -2.38. The van der Waals surface area contributed by atoms with Crippen LogP contribution in [0.3, 0.4) is 0 Å². The van der Waals surface area contributed by atoms with Crippen LogP contribution in [-0.4, -0.2) is 96.8 Å². The number of amides is 1. The first-order valence-electron chi connectivity index (χ1n) is 22.1. The molecule has 66 heavy (non-hydrogen) atoms. The highest BCUT2D eigenvalue weighted by atomic mass is 31.1. The molecule has 1 N–H and O–H groups in total. The predicted octanol–water partition coefficient (Wildman–Crippen LogP) is 7.74. The Morgan fingerprint density at radius 2 is 1.30 bits per heavy atom. The van der Waals surface area contributed by atoms with Crippen LogP contribution in [0.2, 0.25) is 0 Å². The van der Waals surface area contributed by atoms with Crippen LogP contribution in [0.25, 0.3) is 0 Å². The first kappa shape index (κ1) is 49.9. The number of hydroxylamine groups is 2. The summed E-state index contributed by atoms with van der Waals surface area (Å²) < 4.78 is 53.2. The van der Waals surface area contributed by atoms with Crippen LogP contribution >= 0.6 is 8.03 Å². The van der Waals surface area contributed by atoms with E-state index in [9.17, 15) is 14.4 Å². The Balaban J connectivity index is 1.44. The molecule has 354 valence electrons. The summed E-state index contributed by atoms with van der Waals surface area (Å²) >= 11 is 0. The third-order valence-electron chi connectivity index (χ3n) is 11.8. The molecule has 1 unspecified atom stereocenters. The van der Waals surface area contributed by atoms with Gasteiger partial charge >= 0.3 is 5.69 Å². The van der Waals surface area contributed by atoms with E-state index in [-0.39, 0.29) is 55.8 Å². The second kappa shape index (κ2) is 21.8. The Bertz CT molecular complexity index is 2460. The molecule has 1 saturated heterocycles. The SMILES string of the molecule is COc1ccc(C(=O)N(CCO[PH](=O)[C@]2(n3cc(C)c(=O)[nH]c3=O)C[C@H](ON(C(C)C)C(C)C)[C@@H](COC(c3ccccc3)(c3ccc(OC)cc3)c3ccc(OC)cc3)O2)C(C)C)cc1. The van der Waals surface area contributed by atoms with Crippen molar-refractivity contribution < 1.29 is 42.4 Å². The van der Waals surface area contributed by atoms with E-state index < -0.39 is 42.6 Å². The molecule has 0 spiro atoms. The quantitative estimate of drug-likeness (QED) is 0.0434. The molecule has 0 bridgehead atoms. The number of hydrogen-bond donors (Lipinski definition) is 1. The molecular formula is C50H63N4O11P. The average molecular weight is 927 g/mol. The van der Waals surface area contributed by atoms with Crippen molar-refractivity contribution in [2.24, 2.45) is 0 Å². The van der Waals surface area contributed by atoms with Crippen LogP contribution in [0, 0.1) is 6.92 Å². The predicted molar refractivity (Wildman–Crippen MR) is 253 cm³/mol. The molecule has 0 aliphatic carbocycles. The molecule has 6 rings (SSSR count). The number of aryl methyl sites for hydroxylation is 1. The fourth-order valence-corrected chi connectivity index (χ4v) is 9.85. The number of hydrogen-bond acceptors (Lipinski definition) is 12. The fraction of sp³-hybridized carbons (Fsp3) is 0.420. The third-order valence-corrected chi connectivity index (χ3v) is 13.4. The van der Waals surface area contributed by atoms with Crippen molar-refractivity contribution in [2.45, 2.75) is 96.3 Å². The summed E-state index contributed by atoms with van der Waals surface area (Å²) in [5.74, 6) is 1.67. The van der Waals surface area contributed by atoms with E-state index in [1.165, 1.54) is 6.20 Å².